The molecule has 78 valence electrons. The lowest BCUT2D eigenvalue weighted by atomic mass is 10.2. The van der Waals surface area contributed by atoms with E-state index in [1.807, 2.05) is 28.5 Å². The first-order valence-corrected chi connectivity index (χ1v) is 5.79. The van der Waals surface area contributed by atoms with Crippen LogP contribution in [0.3, 0.4) is 0 Å². The van der Waals surface area contributed by atoms with Gasteiger partial charge in [-0.05, 0) is 18.1 Å². The minimum Gasteiger partial charge on any atom is -0.297 e. The highest BCUT2D eigenvalue weighted by atomic mass is 32.1. The second-order valence-electron chi connectivity index (χ2n) is 3.37. The zero-order chi connectivity index (χ0) is 10.7. The van der Waals surface area contributed by atoms with Crippen LogP contribution in [0.4, 0.5) is 0 Å². The Bertz CT molecular complexity index is 459. The van der Waals surface area contributed by atoms with E-state index in [2.05, 4.69) is 12.0 Å². The van der Waals surface area contributed by atoms with E-state index in [1.165, 1.54) is 16.9 Å². The van der Waals surface area contributed by atoms with Gasteiger partial charge in [-0.15, -0.1) is 11.3 Å². The van der Waals surface area contributed by atoms with Crippen molar-refractivity contribution in [2.24, 2.45) is 0 Å². The molecule has 0 fully saturated rings. The lowest BCUT2D eigenvalue weighted by Gasteiger charge is -1.94. The zero-order valence-corrected chi connectivity index (χ0v) is 9.33. The van der Waals surface area contributed by atoms with Gasteiger partial charge in [0.2, 0.25) is 0 Å². The molecule has 0 aliphatic heterocycles. The molecule has 2 heterocycles. The molecule has 4 heteroatoms. The molecule has 2 aromatic heterocycles. The Morgan fingerprint density at radius 2 is 2.47 bits per heavy atom. The molecular weight excluding hydrogens is 208 g/mol. The van der Waals surface area contributed by atoms with E-state index in [9.17, 15) is 4.79 Å². The zero-order valence-electron chi connectivity index (χ0n) is 8.51. The summed E-state index contributed by atoms with van der Waals surface area (Å²) in [7, 11) is 0. The molecule has 0 N–H and O–H groups in total. The second-order valence-corrected chi connectivity index (χ2v) is 4.31. The summed E-state index contributed by atoms with van der Waals surface area (Å²) in [6, 6.07) is 1.85. The largest absolute Gasteiger partial charge is 0.297 e. The van der Waals surface area contributed by atoms with E-state index in [1.54, 1.807) is 0 Å². The predicted molar refractivity (Wildman–Crippen MR) is 60.8 cm³/mol. The van der Waals surface area contributed by atoms with Gasteiger partial charge in [0.05, 0.1) is 16.8 Å². The Kier molecular flexibility index (Phi) is 2.97. The van der Waals surface area contributed by atoms with Gasteiger partial charge >= 0.3 is 0 Å². The van der Waals surface area contributed by atoms with E-state index >= 15 is 0 Å². The molecule has 0 aliphatic carbocycles. The fraction of sp³-hybridized carbons (Fsp3) is 0.273. The van der Waals surface area contributed by atoms with Gasteiger partial charge in [-0.1, -0.05) is 13.3 Å². The Balaban J connectivity index is 2.24. The molecule has 15 heavy (non-hydrogen) atoms. The van der Waals surface area contributed by atoms with Gasteiger partial charge in [0.15, 0.2) is 6.29 Å². The summed E-state index contributed by atoms with van der Waals surface area (Å²) < 4.78 is 1.81. The van der Waals surface area contributed by atoms with Gasteiger partial charge in [-0.3, -0.25) is 4.79 Å². The maximum Gasteiger partial charge on any atom is 0.160 e. The Morgan fingerprint density at radius 1 is 1.60 bits per heavy atom. The Hall–Kier alpha value is -1.42. The number of hydrogen-bond acceptors (Lipinski definition) is 3. The highest BCUT2D eigenvalue weighted by Crippen LogP contribution is 2.17. The van der Waals surface area contributed by atoms with Gasteiger partial charge in [-0.25, -0.2) is 4.68 Å². The number of nitrogens with zero attached hydrogens (tertiary/aromatic N) is 2. The van der Waals surface area contributed by atoms with E-state index in [0.717, 1.165) is 29.7 Å². The van der Waals surface area contributed by atoms with Crippen molar-refractivity contribution in [2.75, 3.05) is 0 Å². The molecule has 0 unspecified atom stereocenters. The third-order valence-electron chi connectivity index (χ3n) is 2.16. The number of carbonyl (C=O) groups is 1. The van der Waals surface area contributed by atoms with Crippen LogP contribution in [0, 0.1) is 0 Å². The second kappa shape index (κ2) is 4.40. The first-order chi connectivity index (χ1) is 7.33. The molecule has 0 aromatic carbocycles. The average Bonchev–Trinajstić information content (AvgIpc) is 2.85. The number of carbonyl (C=O) groups excluding carboxylic acids is 1. The highest BCUT2D eigenvalue weighted by molar-refractivity contribution is 7.12. The lowest BCUT2D eigenvalue weighted by Crippen LogP contribution is -1.90. The third kappa shape index (κ3) is 2.15. The summed E-state index contributed by atoms with van der Waals surface area (Å²) >= 11 is 1.44. The summed E-state index contributed by atoms with van der Waals surface area (Å²) in [6.07, 6.45) is 6.92. The monoisotopic (exact) mass is 220 g/mol. The van der Waals surface area contributed by atoms with Crippen LogP contribution < -0.4 is 0 Å². The maximum absolute atomic E-state index is 10.5. The van der Waals surface area contributed by atoms with E-state index in [4.69, 9.17) is 0 Å². The first-order valence-electron chi connectivity index (χ1n) is 4.91. The topological polar surface area (TPSA) is 34.9 Å². The summed E-state index contributed by atoms with van der Waals surface area (Å²) in [6.45, 7) is 2.15. The van der Waals surface area contributed by atoms with E-state index in [0.29, 0.717) is 0 Å². The number of aryl methyl sites for hydroxylation is 1. The quantitative estimate of drug-likeness (QED) is 0.742. The SMILES string of the molecule is CCCc1cnn(-c2csc(C=O)c2)c1. The van der Waals surface area contributed by atoms with Crippen molar-refractivity contribution in [1.82, 2.24) is 9.78 Å². The van der Waals surface area contributed by atoms with Crippen LogP contribution in [0.2, 0.25) is 0 Å². The third-order valence-corrected chi connectivity index (χ3v) is 3.01. The normalized spacial score (nSPS) is 10.5. The lowest BCUT2D eigenvalue weighted by molar-refractivity contribution is 0.112. The van der Waals surface area contributed by atoms with Crippen molar-refractivity contribution in [3.8, 4) is 5.69 Å². The van der Waals surface area contributed by atoms with Crippen molar-refractivity contribution in [2.45, 2.75) is 19.8 Å². The van der Waals surface area contributed by atoms with Crippen molar-refractivity contribution >= 4 is 17.6 Å². The van der Waals surface area contributed by atoms with Crippen LogP contribution in [-0.4, -0.2) is 16.1 Å². The number of aldehydes is 1. The fourth-order valence-corrected chi connectivity index (χ4v) is 2.12. The molecule has 3 nitrogen and oxygen atoms in total. The summed E-state index contributed by atoms with van der Waals surface area (Å²) in [4.78, 5) is 11.3. The number of rotatable bonds is 4. The van der Waals surface area contributed by atoms with Crippen molar-refractivity contribution in [1.29, 1.82) is 0 Å². The average molecular weight is 220 g/mol. The van der Waals surface area contributed by atoms with Crippen molar-refractivity contribution in [3.05, 3.63) is 34.3 Å². The minimum absolute atomic E-state index is 0.734. The Morgan fingerprint density at radius 3 is 3.13 bits per heavy atom. The molecule has 0 atom stereocenters. The van der Waals surface area contributed by atoms with Crippen LogP contribution in [0.5, 0.6) is 0 Å². The van der Waals surface area contributed by atoms with Gasteiger partial charge in [0.1, 0.15) is 0 Å². The molecular formula is C11H12N2OS. The standard InChI is InChI=1S/C11H12N2OS/c1-2-3-9-5-12-13(6-9)10-4-11(7-14)15-8-10/h4-8H,2-3H2,1H3. The van der Waals surface area contributed by atoms with Crippen molar-refractivity contribution < 1.29 is 4.79 Å². The highest BCUT2D eigenvalue weighted by Gasteiger charge is 2.03. The van der Waals surface area contributed by atoms with Crippen LogP contribution in [0.15, 0.2) is 23.8 Å². The molecule has 0 bridgehead atoms. The number of thiophene rings is 1. The van der Waals surface area contributed by atoms with Crippen LogP contribution in [0.25, 0.3) is 5.69 Å². The molecule has 0 amide bonds. The number of hydrogen-bond donors (Lipinski definition) is 0. The maximum atomic E-state index is 10.5. The van der Waals surface area contributed by atoms with Gasteiger partial charge < -0.3 is 0 Å². The predicted octanol–water partition coefficient (Wildman–Crippen LogP) is 2.70. The molecule has 2 rings (SSSR count). The molecule has 0 aliphatic rings. The van der Waals surface area contributed by atoms with Gasteiger partial charge in [0, 0.05) is 11.6 Å². The van der Waals surface area contributed by atoms with E-state index < -0.39 is 0 Å². The summed E-state index contributed by atoms with van der Waals surface area (Å²) in [5.74, 6) is 0. The van der Waals surface area contributed by atoms with Crippen LogP contribution >= 0.6 is 11.3 Å². The minimum atomic E-state index is 0.734. The molecule has 0 radical (unpaired) electrons. The first kappa shape index (κ1) is 10.1. The summed E-state index contributed by atoms with van der Waals surface area (Å²) in [5, 5.41) is 6.20. The van der Waals surface area contributed by atoms with Crippen molar-refractivity contribution in [3.63, 3.8) is 0 Å². The van der Waals surface area contributed by atoms with E-state index in [-0.39, 0.29) is 0 Å². The van der Waals surface area contributed by atoms with Gasteiger partial charge in [-0.2, -0.15) is 5.10 Å². The van der Waals surface area contributed by atoms with Crippen LogP contribution in [0.1, 0.15) is 28.6 Å². The molecule has 0 saturated heterocycles. The molecule has 0 saturated carbocycles. The molecule has 2 aromatic rings. The smallest absolute Gasteiger partial charge is 0.160 e. The van der Waals surface area contributed by atoms with Crippen LogP contribution in [-0.2, 0) is 6.42 Å². The molecule has 0 spiro atoms. The Labute approximate surface area is 92.4 Å². The number of aromatic nitrogens is 2. The fourth-order valence-electron chi connectivity index (χ4n) is 1.44. The summed E-state index contributed by atoms with van der Waals surface area (Å²) in [5.41, 5.74) is 2.20. The van der Waals surface area contributed by atoms with Gasteiger partial charge in [0.25, 0.3) is 0 Å².